The second-order valence-electron chi connectivity index (χ2n) is 3.51. The molecule has 0 fully saturated rings. The second-order valence-corrected chi connectivity index (χ2v) is 5.28. The number of aromatic nitrogens is 2. The molecule has 2 aromatic rings. The van der Waals surface area contributed by atoms with Crippen LogP contribution in [0, 0.1) is 0 Å². The molecule has 1 aromatic heterocycles. The minimum atomic E-state index is -0.961. The number of benzene rings is 1. The standard InChI is InChI=1S/C11H8Cl2N2O4S/c12-6-1-2-7(13)8(3-6)18-4-9-14-15-11(19-9)20-5-10(16)17/h1-3H,4-5H2,(H,16,17). The molecule has 0 atom stereocenters. The van der Waals surface area contributed by atoms with E-state index in [0.29, 0.717) is 15.8 Å². The van der Waals surface area contributed by atoms with Crippen molar-refractivity contribution in [3.05, 3.63) is 34.1 Å². The van der Waals surface area contributed by atoms with E-state index in [2.05, 4.69) is 10.2 Å². The van der Waals surface area contributed by atoms with E-state index in [9.17, 15) is 4.79 Å². The first-order valence-electron chi connectivity index (χ1n) is 5.29. The minimum Gasteiger partial charge on any atom is -0.482 e. The Kier molecular flexibility index (Phi) is 5.11. The second kappa shape index (κ2) is 6.83. The van der Waals surface area contributed by atoms with Crippen molar-refractivity contribution in [2.45, 2.75) is 11.8 Å². The Labute approximate surface area is 128 Å². The van der Waals surface area contributed by atoms with Gasteiger partial charge >= 0.3 is 5.97 Å². The van der Waals surface area contributed by atoms with E-state index >= 15 is 0 Å². The van der Waals surface area contributed by atoms with Crippen LogP contribution in [0.1, 0.15) is 5.89 Å². The number of ether oxygens (including phenoxy) is 1. The van der Waals surface area contributed by atoms with Gasteiger partial charge in [-0.2, -0.15) is 0 Å². The molecule has 0 aliphatic rings. The Bertz CT molecular complexity index is 620. The molecule has 1 aromatic carbocycles. The smallest absolute Gasteiger partial charge is 0.314 e. The number of hydrogen-bond acceptors (Lipinski definition) is 6. The number of thioether (sulfide) groups is 1. The maximum Gasteiger partial charge on any atom is 0.314 e. The van der Waals surface area contributed by atoms with Gasteiger partial charge < -0.3 is 14.3 Å². The summed E-state index contributed by atoms with van der Waals surface area (Å²) in [5.41, 5.74) is 0. The Hall–Kier alpha value is -1.44. The lowest BCUT2D eigenvalue weighted by Crippen LogP contribution is -1.97. The van der Waals surface area contributed by atoms with Crippen LogP contribution in [0.25, 0.3) is 0 Å². The first kappa shape index (κ1) is 15.0. The highest BCUT2D eigenvalue weighted by molar-refractivity contribution is 7.99. The van der Waals surface area contributed by atoms with Crippen molar-refractivity contribution < 1.29 is 19.1 Å². The summed E-state index contributed by atoms with van der Waals surface area (Å²) in [6, 6.07) is 4.83. The average Bonchev–Trinajstić information content (AvgIpc) is 2.85. The molecule has 0 unspecified atom stereocenters. The molecule has 6 nitrogen and oxygen atoms in total. The van der Waals surface area contributed by atoms with E-state index in [1.54, 1.807) is 18.2 Å². The number of nitrogens with zero attached hydrogens (tertiary/aromatic N) is 2. The monoisotopic (exact) mass is 334 g/mol. The SMILES string of the molecule is O=C(O)CSc1nnc(COc2cc(Cl)ccc2Cl)o1. The predicted molar refractivity (Wildman–Crippen MR) is 73.5 cm³/mol. The molecule has 0 aliphatic heterocycles. The van der Waals surface area contributed by atoms with Crippen molar-refractivity contribution in [1.82, 2.24) is 10.2 Å². The molecule has 0 aliphatic carbocycles. The van der Waals surface area contributed by atoms with Crippen LogP contribution in [0.2, 0.25) is 10.0 Å². The zero-order chi connectivity index (χ0) is 14.5. The molecule has 0 amide bonds. The highest BCUT2D eigenvalue weighted by atomic mass is 35.5. The van der Waals surface area contributed by atoms with Gasteiger partial charge in [0.2, 0.25) is 0 Å². The van der Waals surface area contributed by atoms with Crippen LogP contribution in [0.4, 0.5) is 0 Å². The van der Waals surface area contributed by atoms with Crippen LogP contribution in [-0.2, 0) is 11.4 Å². The van der Waals surface area contributed by atoms with Crippen molar-refractivity contribution in [2.24, 2.45) is 0 Å². The van der Waals surface area contributed by atoms with Crippen LogP contribution in [-0.4, -0.2) is 27.0 Å². The summed E-state index contributed by atoms with van der Waals surface area (Å²) in [4.78, 5) is 10.4. The maximum atomic E-state index is 10.4. The van der Waals surface area contributed by atoms with Gasteiger partial charge in [-0.1, -0.05) is 35.0 Å². The lowest BCUT2D eigenvalue weighted by Gasteiger charge is -2.05. The summed E-state index contributed by atoms with van der Waals surface area (Å²) in [6.45, 7) is 0.0146. The summed E-state index contributed by atoms with van der Waals surface area (Å²) in [7, 11) is 0. The normalized spacial score (nSPS) is 10.5. The van der Waals surface area contributed by atoms with Crippen LogP contribution < -0.4 is 4.74 Å². The highest BCUT2D eigenvalue weighted by Gasteiger charge is 2.10. The first-order chi connectivity index (χ1) is 9.54. The quantitative estimate of drug-likeness (QED) is 0.812. The fourth-order valence-corrected chi connectivity index (χ4v) is 2.04. The summed E-state index contributed by atoms with van der Waals surface area (Å²) in [6.07, 6.45) is 0. The van der Waals surface area contributed by atoms with E-state index in [-0.39, 0.29) is 23.5 Å². The Morgan fingerprint density at radius 1 is 1.40 bits per heavy atom. The number of carboxylic acids is 1. The zero-order valence-electron chi connectivity index (χ0n) is 9.88. The lowest BCUT2D eigenvalue weighted by molar-refractivity contribution is -0.133. The number of rotatable bonds is 6. The van der Waals surface area contributed by atoms with Gasteiger partial charge in [0.15, 0.2) is 6.61 Å². The third-order valence-corrected chi connectivity index (χ3v) is 3.36. The van der Waals surface area contributed by atoms with E-state index in [0.717, 1.165) is 11.8 Å². The van der Waals surface area contributed by atoms with Gasteiger partial charge in [-0.05, 0) is 12.1 Å². The van der Waals surface area contributed by atoms with Gasteiger partial charge in [-0.25, -0.2) is 0 Å². The molecular formula is C11H8Cl2N2O4S. The average molecular weight is 335 g/mol. The fourth-order valence-electron chi connectivity index (χ4n) is 1.21. The molecule has 0 spiro atoms. The first-order valence-corrected chi connectivity index (χ1v) is 7.03. The Balaban J connectivity index is 1.94. The van der Waals surface area contributed by atoms with Crippen molar-refractivity contribution in [3.63, 3.8) is 0 Å². The zero-order valence-corrected chi connectivity index (χ0v) is 12.2. The van der Waals surface area contributed by atoms with E-state index in [1.807, 2.05) is 0 Å². The number of carboxylic acid groups (broad SMARTS) is 1. The summed E-state index contributed by atoms with van der Waals surface area (Å²) >= 11 is 12.7. The van der Waals surface area contributed by atoms with Gasteiger partial charge in [0, 0.05) is 11.1 Å². The molecule has 0 saturated carbocycles. The van der Waals surface area contributed by atoms with Crippen LogP contribution in [0.5, 0.6) is 5.75 Å². The molecule has 106 valence electrons. The number of aliphatic carboxylic acids is 1. The molecule has 0 radical (unpaired) electrons. The van der Waals surface area contributed by atoms with Crippen molar-refractivity contribution in [2.75, 3.05) is 5.75 Å². The number of hydrogen-bond donors (Lipinski definition) is 1. The lowest BCUT2D eigenvalue weighted by atomic mass is 10.3. The molecule has 1 heterocycles. The molecule has 20 heavy (non-hydrogen) atoms. The third kappa shape index (κ3) is 4.29. The van der Waals surface area contributed by atoms with Crippen molar-refractivity contribution in [3.8, 4) is 5.75 Å². The van der Waals surface area contributed by atoms with Gasteiger partial charge in [0.1, 0.15) is 11.5 Å². The maximum absolute atomic E-state index is 10.4. The van der Waals surface area contributed by atoms with E-state index in [1.165, 1.54) is 0 Å². The van der Waals surface area contributed by atoms with Gasteiger partial charge in [-0.15, -0.1) is 10.2 Å². The summed E-state index contributed by atoms with van der Waals surface area (Å²) in [5.74, 6) is -0.495. The largest absolute Gasteiger partial charge is 0.482 e. The molecule has 0 bridgehead atoms. The fraction of sp³-hybridized carbons (Fsp3) is 0.182. The van der Waals surface area contributed by atoms with Gasteiger partial charge in [0.25, 0.3) is 11.1 Å². The van der Waals surface area contributed by atoms with Gasteiger partial charge in [-0.3, -0.25) is 4.79 Å². The number of halogens is 2. The number of carbonyl (C=O) groups is 1. The van der Waals surface area contributed by atoms with Crippen molar-refractivity contribution in [1.29, 1.82) is 0 Å². The summed E-state index contributed by atoms with van der Waals surface area (Å²) in [5, 5.41) is 17.0. The topological polar surface area (TPSA) is 85.5 Å². The minimum absolute atomic E-state index is 0.0146. The highest BCUT2D eigenvalue weighted by Crippen LogP contribution is 2.28. The van der Waals surface area contributed by atoms with Crippen molar-refractivity contribution >= 4 is 40.9 Å². The predicted octanol–water partition coefficient (Wildman–Crippen LogP) is 3.13. The van der Waals surface area contributed by atoms with Crippen LogP contribution >= 0.6 is 35.0 Å². The molecule has 0 saturated heterocycles. The van der Waals surface area contributed by atoms with Crippen LogP contribution in [0.15, 0.2) is 27.8 Å². The van der Waals surface area contributed by atoms with Crippen LogP contribution in [0.3, 0.4) is 0 Å². The Morgan fingerprint density at radius 3 is 2.95 bits per heavy atom. The molecular weight excluding hydrogens is 327 g/mol. The summed E-state index contributed by atoms with van der Waals surface area (Å²) < 4.78 is 10.6. The Morgan fingerprint density at radius 2 is 2.20 bits per heavy atom. The molecule has 2 rings (SSSR count). The third-order valence-electron chi connectivity index (χ3n) is 2.01. The van der Waals surface area contributed by atoms with E-state index < -0.39 is 5.97 Å². The van der Waals surface area contributed by atoms with Gasteiger partial charge in [0.05, 0.1) is 5.02 Å². The molecule has 1 N–H and O–H groups in total. The van der Waals surface area contributed by atoms with E-state index in [4.69, 9.17) is 37.5 Å². The molecule has 9 heteroatoms.